The van der Waals surface area contributed by atoms with Crippen LogP contribution >= 0.6 is 0 Å². The van der Waals surface area contributed by atoms with Gasteiger partial charge in [0.15, 0.2) is 0 Å². The van der Waals surface area contributed by atoms with E-state index in [1.54, 1.807) is 44.7 Å². The summed E-state index contributed by atoms with van der Waals surface area (Å²) in [6.07, 6.45) is 1.61. The Morgan fingerprint density at radius 3 is 1.85 bits per heavy atom. The molecule has 1 heterocycles. The molecule has 0 saturated carbocycles. The first kappa shape index (κ1) is 21.4. The summed E-state index contributed by atoms with van der Waals surface area (Å²) < 4.78 is 16.7. The standard InChI is InChI=1S/C27H19N3O3/c1-31-22-11-7-20(8-12-22)25-24(16-29)27(30-17-19-5-3-18(15-28)4-6-19)33-26(25)21-9-13-23(32-2)14-10-21/h3-14,17H,1-2H3. The molecule has 1 aromatic heterocycles. The van der Waals surface area contributed by atoms with Gasteiger partial charge in [-0.25, -0.2) is 4.99 Å². The first-order chi connectivity index (χ1) is 16.2. The summed E-state index contributed by atoms with van der Waals surface area (Å²) in [5.41, 5.74) is 3.92. The lowest BCUT2D eigenvalue weighted by Crippen LogP contribution is -1.87. The average molecular weight is 433 g/mol. The predicted octanol–water partition coefficient (Wildman–Crippen LogP) is 6.12. The molecule has 0 unspecified atom stereocenters. The summed E-state index contributed by atoms with van der Waals surface area (Å²) in [5.74, 6) is 2.17. The smallest absolute Gasteiger partial charge is 0.238 e. The van der Waals surface area contributed by atoms with Crippen LogP contribution < -0.4 is 9.47 Å². The van der Waals surface area contributed by atoms with Crippen molar-refractivity contribution in [1.29, 1.82) is 10.5 Å². The number of benzene rings is 3. The Labute approximate surface area is 191 Å². The van der Waals surface area contributed by atoms with Crippen LogP contribution in [0.5, 0.6) is 11.5 Å². The van der Waals surface area contributed by atoms with Crippen molar-refractivity contribution in [1.82, 2.24) is 0 Å². The minimum absolute atomic E-state index is 0.207. The van der Waals surface area contributed by atoms with Crippen LogP contribution in [0.25, 0.3) is 22.5 Å². The van der Waals surface area contributed by atoms with Crippen molar-refractivity contribution in [3.05, 3.63) is 89.5 Å². The number of ether oxygens (including phenoxy) is 2. The van der Waals surface area contributed by atoms with Crippen LogP contribution in [0.15, 0.2) is 82.2 Å². The van der Waals surface area contributed by atoms with Crippen LogP contribution in [-0.2, 0) is 0 Å². The summed E-state index contributed by atoms with van der Waals surface area (Å²) in [5, 5.41) is 19.0. The van der Waals surface area contributed by atoms with E-state index in [1.807, 2.05) is 48.5 Å². The van der Waals surface area contributed by atoms with Crippen LogP contribution in [-0.4, -0.2) is 20.4 Å². The van der Waals surface area contributed by atoms with Gasteiger partial charge in [0.2, 0.25) is 5.88 Å². The highest BCUT2D eigenvalue weighted by Crippen LogP contribution is 2.43. The third kappa shape index (κ3) is 4.46. The number of hydrogen-bond acceptors (Lipinski definition) is 6. The maximum absolute atomic E-state index is 10.0. The Kier molecular flexibility index (Phi) is 6.20. The molecule has 0 bridgehead atoms. The molecule has 0 aliphatic heterocycles. The van der Waals surface area contributed by atoms with Crippen molar-refractivity contribution >= 4 is 12.1 Å². The van der Waals surface area contributed by atoms with Crippen LogP contribution in [0.3, 0.4) is 0 Å². The summed E-state index contributed by atoms with van der Waals surface area (Å²) in [4.78, 5) is 4.46. The van der Waals surface area contributed by atoms with Crippen LogP contribution in [0.4, 0.5) is 5.88 Å². The SMILES string of the molecule is COc1ccc(-c2oc(N=Cc3ccc(C#N)cc3)c(C#N)c2-c2ccc(OC)cc2)cc1. The largest absolute Gasteiger partial charge is 0.497 e. The summed E-state index contributed by atoms with van der Waals surface area (Å²) in [7, 11) is 3.21. The molecule has 3 aromatic carbocycles. The molecular formula is C27H19N3O3. The van der Waals surface area contributed by atoms with Crippen molar-refractivity contribution in [2.24, 2.45) is 4.99 Å². The monoisotopic (exact) mass is 433 g/mol. The average Bonchev–Trinajstić information content (AvgIpc) is 3.26. The van der Waals surface area contributed by atoms with Gasteiger partial charge in [-0.15, -0.1) is 0 Å². The topological polar surface area (TPSA) is 91.5 Å². The lowest BCUT2D eigenvalue weighted by molar-refractivity contribution is 0.414. The first-order valence-corrected chi connectivity index (χ1v) is 10.1. The van der Waals surface area contributed by atoms with E-state index in [0.29, 0.717) is 28.2 Å². The highest BCUT2D eigenvalue weighted by Gasteiger charge is 2.23. The van der Waals surface area contributed by atoms with E-state index in [4.69, 9.17) is 19.2 Å². The van der Waals surface area contributed by atoms with Gasteiger partial charge in [0.05, 0.1) is 25.9 Å². The molecule has 4 aromatic rings. The molecule has 0 atom stereocenters. The third-order valence-corrected chi connectivity index (χ3v) is 5.10. The molecule has 0 aliphatic carbocycles. The molecule has 4 rings (SSSR count). The predicted molar refractivity (Wildman–Crippen MR) is 126 cm³/mol. The van der Waals surface area contributed by atoms with Gasteiger partial charge in [-0.2, -0.15) is 10.5 Å². The molecule has 33 heavy (non-hydrogen) atoms. The van der Waals surface area contributed by atoms with Crippen molar-refractivity contribution in [2.45, 2.75) is 0 Å². The molecule has 0 spiro atoms. The lowest BCUT2D eigenvalue weighted by Gasteiger charge is -2.06. The molecule has 0 aliphatic rings. The number of furan rings is 1. The molecule has 6 heteroatoms. The quantitative estimate of drug-likeness (QED) is 0.341. The Bertz CT molecular complexity index is 1370. The number of rotatable bonds is 6. The van der Waals surface area contributed by atoms with Crippen molar-refractivity contribution in [3.8, 4) is 46.1 Å². The Morgan fingerprint density at radius 1 is 0.758 bits per heavy atom. The fraction of sp³-hybridized carbons (Fsp3) is 0.0741. The molecule has 0 saturated heterocycles. The van der Waals surface area contributed by atoms with E-state index in [-0.39, 0.29) is 5.88 Å². The maximum atomic E-state index is 10.0. The van der Waals surface area contributed by atoms with Gasteiger partial charge >= 0.3 is 0 Å². The Balaban J connectivity index is 1.84. The zero-order valence-electron chi connectivity index (χ0n) is 18.1. The Hall–Kier alpha value is -4.81. The molecule has 0 amide bonds. The van der Waals surface area contributed by atoms with E-state index in [2.05, 4.69) is 17.1 Å². The van der Waals surface area contributed by atoms with E-state index >= 15 is 0 Å². The van der Waals surface area contributed by atoms with Gasteiger partial charge in [0, 0.05) is 17.3 Å². The van der Waals surface area contributed by atoms with Gasteiger partial charge in [-0.1, -0.05) is 24.3 Å². The molecule has 0 fully saturated rings. The first-order valence-electron chi connectivity index (χ1n) is 10.1. The molecular weight excluding hydrogens is 414 g/mol. The highest BCUT2D eigenvalue weighted by molar-refractivity contribution is 5.90. The fourth-order valence-electron chi connectivity index (χ4n) is 3.37. The summed E-state index contributed by atoms with van der Waals surface area (Å²) in [6, 6.07) is 26.2. The van der Waals surface area contributed by atoms with E-state index in [0.717, 1.165) is 22.4 Å². The third-order valence-electron chi connectivity index (χ3n) is 5.10. The van der Waals surface area contributed by atoms with E-state index in [9.17, 15) is 5.26 Å². The lowest BCUT2D eigenvalue weighted by atomic mass is 9.98. The second-order valence-electron chi connectivity index (χ2n) is 7.05. The zero-order valence-corrected chi connectivity index (χ0v) is 18.1. The second kappa shape index (κ2) is 9.55. The molecule has 6 nitrogen and oxygen atoms in total. The number of aliphatic imine (C=N–C) groups is 1. The number of hydrogen-bond donors (Lipinski definition) is 0. The van der Waals surface area contributed by atoms with Crippen LogP contribution in [0.1, 0.15) is 16.7 Å². The van der Waals surface area contributed by atoms with E-state index < -0.39 is 0 Å². The van der Waals surface area contributed by atoms with E-state index in [1.165, 1.54) is 0 Å². The summed E-state index contributed by atoms with van der Waals surface area (Å²) >= 11 is 0. The minimum Gasteiger partial charge on any atom is -0.497 e. The summed E-state index contributed by atoms with van der Waals surface area (Å²) in [6.45, 7) is 0. The minimum atomic E-state index is 0.207. The van der Waals surface area contributed by atoms with Crippen molar-refractivity contribution < 1.29 is 13.9 Å². The van der Waals surface area contributed by atoms with Crippen LogP contribution in [0.2, 0.25) is 0 Å². The molecule has 0 N–H and O–H groups in total. The fourth-order valence-corrected chi connectivity index (χ4v) is 3.37. The van der Waals surface area contributed by atoms with Gasteiger partial charge < -0.3 is 13.9 Å². The highest BCUT2D eigenvalue weighted by atomic mass is 16.5. The van der Waals surface area contributed by atoms with Gasteiger partial charge in [0.1, 0.15) is 28.9 Å². The molecule has 0 radical (unpaired) electrons. The van der Waals surface area contributed by atoms with Gasteiger partial charge in [-0.05, 0) is 59.7 Å². The Morgan fingerprint density at radius 2 is 1.33 bits per heavy atom. The number of nitriles is 2. The van der Waals surface area contributed by atoms with Crippen molar-refractivity contribution in [2.75, 3.05) is 14.2 Å². The normalized spacial score (nSPS) is 10.5. The number of methoxy groups -OCH3 is 2. The maximum Gasteiger partial charge on any atom is 0.238 e. The second-order valence-corrected chi connectivity index (χ2v) is 7.05. The van der Waals surface area contributed by atoms with Gasteiger partial charge in [0.25, 0.3) is 0 Å². The van der Waals surface area contributed by atoms with Crippen LogP contribution in [0, 0.1) is 22.7 Å². The molecule has 160 valence electrons. The zero-order chi connectivity index (χ0) is 23.2. The van der Waals surface area contributed by atoms with Crippen molar-refractivity contribution in [3.63, 3.8) is 0 Å². The van der Waals surface area contributed by atoms with Gasteiger partial charge in [-0.3, -0.25) is 0 Å². The number of nitrogens with zero attached hydrogens (tertiary/aromatic N) is 3.